The van der Waals surface area contributed by atoms with E-state index < -0.39 is 5.97 Å². The van der Waals surface area contributed by atoms with Crippen molar-refractivity contribution < 1.29 is 19.0 Å². The van der Waals surface area contributed by atoms with Gasteiger partial charge in [0.2, 0.25) is 5.76 Å². The zero-order valence-corrected chi connectivity index (χ0v) is 10.9. The van der Waals surface area contributed by atoms with E-state index in [-0.39, 0.29) is 5.76 Å². The van der Waals surface area contributed by atoms with Gasteiger partial charge in [-0.2, -0.15) is 0 Å². The fourth-order valence-electron chi connectivity index (χ4n) is 1.44. The molecule has 0 aliphatic rings. The highest BCUT2D eigenvalue weighted by molar-refractivity contribution is 5.91. The fraction of sp³-hybridized carbons (Fsp3) is 0.357. The Kier molecular flexibility index (Phi) is 5.77. The SMILES string of the molecule is CCOC(=O)/C(=C\c1ccccc1OC)OCC. The smallest absolute Gasteiger partial charge is 0.373 e. The lowest BCUT2D eigenvalue weighted by Gasteiger charge is -2.09. The maximum absolute atomic E-state index is 11.7. The minimum absolute atomic E-state index is 0.184. The molecule has 0 unspecified atom stereocenters. The third-order valence-electron chi connectivity index (χ3n) is 2.20. The van der Waals surface area contributed by atoms with Crippen LogP contribution in [0.1, 0.15) is 19.4 Å². The lowest BCUT2D eigenvalue weighted by molar-refractivity contribution is -0.142. The summed E-state index contributed by atoms with van der Waals surface area (Å²) in [5, 5.41) is 0. The number of carbonyl (C=O) groups is 1. The van der Waals surface area contributed by atoms with E-state index in [0.29, 0.717) is 19.0 Å². The molecule has 0 aliphatic carbocycles. The molecule has 0 spiro atoms. The monoisotopic (exact) mass is 250 g/mol. The zero-order chi connectivity index (χ0) is 13.4. The van der Waals surface area contributed by atoms with Crippen molar-refractivity contribution >= 4 is 12.0 Å². The van der Waals surface area contributed by atoms with Crippen LogP contribution >= 0.6 is 0 Å². The van der Waals surface area contributed by atoms with Gasteiger partial charge in [-0.25, -0.2) is 4.79 Å². The highest BCUT2D eigenvalue weighted by atomic mass is 16.6. The number of hydrogen-bond donors (Lipinski definition) is 0. The minimum Gasteiger partial charge on any atom is -0.496 e. The first kappa shape index (κ1) is 14.1. The lowest BCUT2D eigenvalue weighted by atomic mass is 10.2. The van der Waals surface area contributed by atoms with Crippen LogP contribution in [0.15, 0.2) is 30.0 Å². The summed E-state index contributed by atoms with van der Waals surface area (Å²) >= 11 is 0. The van der Waals surface area contributed by atoms with Gasteiger partial charge in [-0.05, 0) is 26.0 Å². The predicted molar refractivity (Wildman–Crippen MR) is 69.2 cm³/mol. The van der Waals surface area contributed by atoms with E-state index >= 15 is 0 Å². The second kappa shape index (κ2) is 7.37. The summed E-state index contributed by atoms with van der Waals surface area (Å²) in [6, 6.07) is 7.39. The number of ether oxygens (including phenoxy) is 3. The molecule has 98 valence electrons. The van der Waals surface area contributed by atoms with Gasteiger partial charge >= 0.3 is 5.97 Å². The molecule has 0 saturated heterocycles. The molecule has 0 radical (unpaired) electrons. The van der Waals surface area contributed by atoms with E-state index in [1.807, 2.05) is 31.2 Å². The molecule has 0 aromatic heterocycles. The van der Waals surface area contributed by atoms with Gasteiger partial charge in [0, 0.05) is 5.56 Å². The number of rotatable bonds is 6. The molecule has 18 heavy (non-hydrogen) atoms. The molecule has 4 heteroatoms. The van der Waals surface area contributed by atoms with Gasteiger partial charge in [0.1, 0.15) is 5.75 Å². The molecule has 4 nitrogen and oxygen atoms in total. The third-order valence-corrected chi connectivity index (χ3v) is 2.20. The van der Waals surface area contributed by atoms with Crippen LogP contribution in [0.3, 0.4) is 0 Å². The molecule has 1 rings (SSSR count). The topological polar surface area (TPSA) is 44.8 Å². The molecule has 0 aliphatic heterocycles. The molecular weight excluding hydrogens is 232 g/mol. The highest BCUT2D eigenvalue weighted by Gasteiger charge is 2.12. The first-order valence-electron chi connectivity index (χ1n) is 5.87. The summed E-state index contributed by atoms with van der Waals surface area (Å²) in [5.41, 5.74) is 0.775. The molecule has 0 N–H and O–H groups in total. The largest absolute Gasteiger partial charge is 0.496 e. The van der Waals surface area contributed by atoms with Gasteiger partial charge in [-0.3, -0.25) is 0 Å². The maximum atomic E-state index is 11.7. The van der Waals surface area contributed by atoms with Crippen LogP contribution in [0, 0.1) is 0 Å². The van der Waals surface area contributed by atoms with Gasteiger partial charge < -0.3 is 14.2 Å². The lowest BCUT2D eigenvalue weighted by Crippen LogP contribution is -2.10. The number of benzene rings is 1. The van der Waals surface area contributed by atoms with E-state index in [0.717, 1.165) is 5.56 Å². The summed E-state index contributed by atoms with van der Waals surface area (Å²) in [6.07, 6.45) is 1.63. The standard InChI is InChI=1S/C14H18O4/c1-4-17-13(14(15)18-5-2)10-11-8-6-7-9-12(11)16-3/h6-10H,4-5H2,1-3H3/b13-10+. The first-order valence-corrected chi connectivity index (χ1v) is 5.87. The molecule has 0 bridgehead atoms. The van der Waals surface area contributed by atoms with Gasteiger partial charge in [-0.15, -0.1) is 0 Å². The molecule has 0 saturated carbocycles. The second-order valence-corrected chi connectivity index (χ2v) is 3.40. The van der Waals surface area contributed by atoms with E-state index in [1.54, 1.807) is 20.1 Å². The highest BCUT2D eigenvalue weighted by Crippen LogP contribution is 2.21. The van der Waals surface area contributed by atoms with Crippen molar-refractivity contribution in [3.05, 3.63) is 35.6 Å². The Hall–Kier alpha value is -1.97. The van der Waals surface area contributed by atoms with Crippen LogP contribution in [-0.4, -0.2) is 26.3 Å². The fourth-order valence-corrected chi connectivity index (χ4v) is 1.44. The molecule has 0 atom stereocenters. The summed E-state index contributed by atoms with van der Waals surface area (Å²) in [4.78, 5) is 11.7. The number of carbonyl (C=O) groups excluding carboxylic acids is 1. The van der Waals surface area contributed by atoms with Crippen LogP contribution in [0.4, 0.5) is 0 Å². The van der Waals surface area contributed by atoms with Crippen molar-refractivity contribution in [3.8, 4) is 5.75 Å². The molecular formula is C14H18O4. The van der Waals surface area contributed by atoms with E-state index in [2.05, 4.69) is 0 Å². The van der Waals surface area contributed by atoms with E-state index in [4.69, 9.17) is 14.2 Å². The zero-order valence-electron chi connectivity index (χ0n) is 10.9. The van der Waals surface area contributed by atoms with Gasteiger partial charge in [0.25, 0.3) is 0 Å². The van der Waals surface area contributed by atoms with Crippen LogP contribution < -0.4 is 4.74 Å². The van der Waals surface area contributed by atoms with Crippen LogP contribution in [0.2, 0.25) is 0 Å². The van der Waals surface area contributed by atoms with Crippen molar-refractivity contribution in [3.63, 3.8) is 0 Å². The number of hydrogen-bond acceptors (Lipinski definition) is 4. The Morgan fingerprint density at radius 3 is 2.44 bits per heavy atom. The van der Waals surface area contributed by atoms with Crippen molar-refractivity contribution in [2.45, 2.75) is 13.8 Å². The Labute approximate surface area is 107 Å². The molecule has 0 fully saturated rings. The summed E-state index contributed by atoms with van der Waals surface area (Å²) < 4.78 is 15.4. The van der Waals surface area contributed by atoms with E-state index in [1.165, 1.54) is 0 Å². The average Bonchev–Trinajstić information content (AvgIpc) is 2.39. The van der Waals surface area contributed by atoms with Crippen LogP contribution in [0.5, 0.6) is 5.75 Å². The van der Waals surface area contributed by atoms with Crippen molar-refractivity contribution in [1.29, 1.82) is 0 Å². The van der Waals surface area contributed by atoms with Crippen LogP contribution in [0.25, 0.3) is 6.08 Å². The second-order valence-electron chi connectivity index (χ2n) is 3.40. The first-order chi connectivity index (χ1) is 8.72. The molecule has 0 heterocycles. The number of esters is 1. The Morgan fingerprint density at radius 2 is 1.83 bits per heavy atom. The van der Waals surface area contributed by atoms with Crippen molar-refractivity contribution in [2.24, 2.45) is 0 Å². The summed E-state index contributed by atoms with van der Waals surface area (Å²) in [6.45, 7) is 4.29. The van der Waals surface area contributed by atoms with Crippen LogP contribution in [-0.2, 0) is 14.3 Å². The number of methoxy groups -OCH3 is 1. The molecule has 1 aromatic carbocycles. The predicted octanol–water partition coefficient (Wildman–Crippen LogP) is 2.64. The Bertz CT molecular complexity index is 424. The van der Waals surface area contributed by atoms with E-state index in [9.17, 15) is 4.79 Å². The van der Waals surface area contributed by atoms with Gasteiger partial charge in [0.05, 0.1) is 20.3 Å². The quantitative estimate of drug-likeness (QED) is 0.442. The summed E-state index contributed by atoms with van der Waals surface area (Å²) in [7, 11) is 1.58. The van der Waals surface area contributed by atoms with Crippen molar-refractivity contribution in [2.75, 3.05) is 20.3 Å². The Balaban J connectivity index is 3.03. The molecule has 1 aromatic rings. The minimum atomic E-state index is -0.467. The maximum Gasteiger partial charge on any atom is 0.373 e. The Morgan fingerprint density at radius 1 is 1.17 bits per heavy atom. The average molecular weight is 250 g/mol. The third kappa shape index (κ3) is 3.80. The van der Waals surface area contributed by atoms with Gasteiger partial charge in [-0.1, -0.05) is 18.2 Å². The normalized spacial score (nSPS) is 10.9. The van der Waals surface area contributed by atoms with Gasteiger partial charge in [0.15, 0.2) is 0 Å². The summed E-state index contributed by atoms with van der Waals surface area (Å²) in [5.74, 6) is 0.396. The van der Waals surface area contributed by atoms with Crippen molar-refractivity contribution in [1.82, 2.24) is 0 Å². The number of para-hydroxylation sites is 1. The molecule has 0 amide bonds.